The quantitative estimate of drug-likeness (QED) is 0.612. The molecule has 3 heteroatoms. The minimum Gasteiger partial charge on any atom is -0.493 e. The first kappa shape index (κ1) is 14.9. The Kier molecular flexibility index (Phi) is 4.56. The molecule has 0 spiro atoms. The van der Waals surface area contributed by atoms with E-state index < -0.39 is 0 Å². The molecule has 2 unspecified atom stereocenters. The molecule has 0 radical (unpaired) electrons. The van der Waals surface area contributed by atoms with E-state index in [0.29, 0.717) is 5.92 Å². The lowest BCUT2D eigenvalue weighted by molar-refractivity contribution is 0.352. The highest BCUT2D eigenvalue weighted by atomic mass is 79.9. The lowest BCUT2D eigenvalue weighted by atomic mass is 9.89. The second-order valence-corrected chi connectivity index (χ2v) is 6.83. The predicted octanol–water partition coefficient (Wildman–Crippen LogP) is 5.90. The summed E-state index contributed by atoms with van der Waals surface area (Å²) in [5.74, 6) is 1.42. The van der Waals surface area contributed by atoms with Crippen LogP contribution in [0.1, 0.15) is 40.8 Å². The summed E-state index contributed by atoms with van der Waals surface area (Å²) < 4.78 is 5.85. The van der Waals surface area contributed by atoms with Gasteiger partial charge in [0.05, 0.1) is 11.4 Å². The van der Waals surface area contributed by atoms with Crippen molar-refractivity contribution in [3.05, 3.63) is 64.2 Å². The molecule has 1 heterocycles. The van der Waals surface area contributed by atoms with Gasteiger partial charge in [-0.1, -0.05) is 64.8 Å². The first-order chi connectivity index (χ1) is 10.2. The fraction of sp³-hybridized carbons (Fsp3) is 0.333. The van der Waals surface area contributed by atoms with E-state index in [2.05, 4.69) is 53.2 Å². The van der Waals surface area contributed by atoms with Crippen LogP contribution in [0.2, 0.25) is 5.02 Å². The summed E-state index contributed by atoms with van der Waals surface area (Å²) in [6, 6.07) is 14.7. The van der Waals surface area contributed by atoms with Gasteiger partial charge in [-0.2, -0.15) is 0 Å². The maximum absolute atomic E-state index is 6.29. The summed E-state index contributed by atoms with van der Waals surface area (Å²) in [5.41, 5.74) is 3.74. The standard InChI is InChI=1S/C18H18BrClO/c1-2-15(12-6-4-3-5-7-12)17(19)16-11-14(20)10-13-8-9-21-18(13)16/h3-7,10-11,15,17H,2,8-9H2,1H3. The van der Waals surface area contributed by atoms with Gasteiger partial charge in [-0.25, -0.2) is 0 Å². The van der Waals surface area contributed by atoms with Gasteiger partial charge in [0.15, 0.2) is 0 Å². The van der Waals surface area contributed by atoms with Crippen molar-refractivity contribution < 1.29 is 4.74 Å². The molecule has 110 valence electrons. The van der Waals surface area contributed by atoms with Gasteiger partial charge in [0, 0.05) is 22.9 Å². The van der Waals surface area contributed by atoms with Crippen molar-refractivity contribution in [3.8, 4) is 5.75 Å². The zero-order valence-corrected chi connectivity index (χ0v) is 14.3. The van der Waals surface area contributed by atoms with Crippen molar-refractivity contribution in [3.63, 3.8) is 0 Å². The fourth-order valence-electron chi connectivity index (χ4n) is 3.03. The van der Waals surface area contributed by atoms with Crippen LogP contribution in [0.25, 0.3) is 0 Å². The molecule has 0 N–H and O–H groups in total. The van der Waals surface area contributed by atoms with Crippen LogP contribution in [0.3, 0.4) is 0 Å². The third-order valence-corrected chi connectivity index (χ3v) is 5.44. The largest absolute Gasteiger partial charge is 0.493 e. The highest BCUT2D eigenvalue weighted by Crippen LogP contribution is 2.46. The van der Waals surface area contributed by atoms with Gasteiger partial charge in [0.2, 0.25) is 0 Å². The first-order valence-electron chi connectivity index (χ1n) is 7.34. The van der Waals surface area contributed by atoms with Crippen molar-refractivity contribution in [2.45, 2.75) is 30.5 Å². The average Bonchev–Trinajstić information content (AvgIpc) is 2.96. The van der Waals surface area contributed by atoms with E-state index in [9.17, 15) is 0 Å². The van der Waals surface area contributed by atoms with Gasteiger partial charge < -0.3 is 4.74 Å². The normalized spacial score (nSPS) is 16.1. The summed E-state index contributed by atoms with van der Waals surface area (Å²) in [4.78, 5) is 0.204. The average molecular weight is 366 g/mol. The highest BCUT2D eigenvalue weighted by Gasteiger charge is 2.27. The van der Waals surface area contributed by atoms with Crippen LogP contribution in [-0.4, -0.2) is 6.61 Å². The van der Waals surface area contributed by atoms with Crippen LogP contribution in [0.4, 0.5) is 0 Å². The summed E-state index contributed by atoms with van der Waals surface area (Å²) in [6.45, 7) is 2.97. The lowest BCUT2D eigenvalue weighted by Crippen LogP contribution is -2.06. The first-order valence-corrected chi connectivity index (χ1v) is 8.64. The molecule has 0 fully saturated rings. The lowest BCUT2D eigenvalue weighted by Gasteiger charge is -2.24. The number of fused-ring (bicyclic) bond motifs is 1. The summed E-state index contributed by atoms with van der Waals surface area (Å²) in [6.07, 6.45) is 2.01. The molecule has 1 nitrogen and oxygen atoms in total. The molecule has 0 bridgehead atoms. The molecule has 21 heavy (non-hydrogen) atoms. The molecule has 0 aromatic heterocycles. The maximum atomic E-state index is 6.29. The molecule has 3 rings (SSSR count). The Labute approximate surface area is 139 Å². The van der Waals surface area contributed by atoms with Crippen LogP contribution in [0, 0.1) is 0 Å². The van der Waals surface area contributed by atoms with E-state index >= 15 is 0 Å². The number of benzene rings is 2. The van der Waals surface area contributed by atoms with Gasteiger partial charge in [-0.15, -0.1) is 0 Å². The minimum atomic E-state index is 0.204. The monoisotopic (exact) mass is 364 g/mol. The predicted molar refractivity (Wildman–Crippen MR) is 91.8 cm³/mol. The Balaban J connectivity index is 2.00. The Hall–Kier alpha value is -0.990. The fourth-order valence-corrected chi connectivity index (χ4v) is 4.30. The molecule has 0 amide bonds. The number of ether oxygens (including phenoxy) is 1. The number of hydrogen-bond acceptors (Lipinski definition) is 1. The Bertz CT molecular complexity index is 627. The highest BCUT2D eigenvalue weighted by molar-refractivity contribution is 9.09. The van der Waals surface area contributed by atoms with Crippen molar-refractivity contribution in [1.29, 1.82) is 0 Å². The third kappa shape index (κ3) is 2.97. The smallest absolute Gasteiger partial charge is 0.127 e. The zero-order chi connectivity index (χ0) is 14.8. The van der Waals surface area contributed by atoms with Gasteiger partial charge in [-0.05, 0) is 29.7 Å². The third-order valence-electron chi connectivity index (χ3n) is 4.10. The number of alkyl halides is 1. The van der Waals surface area contributed by atoms with E-state index in [1.165, 1.54) is 16.7 Å². The Morgan fingerprint density at radius 1 is 1.24 bits per heavy atom. The number of hydrogen-bond donors (Lipinski definition) is 0. The van der Waals surface area contributed by atoms with Crippen molar-refractivity contribution in [2.24, 2.45) is 0 Å². The van der Waals surface area contributed by atoms with E-state index in [1.54, 1.807) is 0 Å². The van der Waals surface area contributed by atoms with E-state index in [1.807, 2.05) is 12.1 Å². The molecule has 0 saturated carbocycles. The molecule has 1 aliphatic heterocycles. The minimum absolute atomic E-state index is 0.204. The van der Waals surface area contributed by atoms with Crippen molar-refractivity contribution >= 4 is 27.5 Å². The van der Waals surface area contributed by atoms with Gasteiger partial charge in [0.1, 0.15) is 5.75 Å². The molecule has 0 saturated heterocycles. The molecule has 2 aromatic rings. The summed E-state index contributed by atoms with van der Waals surface area (Å²) in [7, 11) is 0. The van der Waals surface area contributed by atoms with Crippen LogP contribution in [-0.2, 0) is 6.42 Å². The molecule has 0 aliphatic carbocycles. The van der Waals surface area contributed by atoms with Crippen LogP contribution >= 0.6 is 27.5 Å². The molecule has 2 atom stereocenters. The van der Waals surface area contributed by atoms with E-state index in [-0.39, 0.29) is 4.83 Å². The summed E-state index contributed by atoms with van der Waals surface area (Å²) in [5, 5.41) is 0.793. The van der Waals surface area contributed by atoms with Gasteiger partial charge in [0.25, 0.3) is 0 Å². The zero-order valence-electron chi connectivity index (χ0n) is 12.0. The molecular formula is C18H18BrClO. The van der Waals surface area contributed by atoms with Crippen LogP contribution < -0.4 is 4.74 Å². The molecule has 2 aromatic carbocycles. The topological polar surface area (TPSA) is 9.23 Å². The van der Waals surface area contributed by atoms with E-state index in [0.717, 1.165) is 30.2 Å². The summed E-state index contributed by atoms with van der Waals surface area (Å²) >= 11 is 10.2. The van der Waals surface area contributed by atoms with E-state index in [4.69, 9.17) is 16.3 Å². The van der Waals surface area contributed by atoms with Gasteiger partial charge >= 0.3 is 0 Å². The maximum Gasteiger partial charge on any atom is 0.127 e. The van der Waals surface area contributed by atoms with Crippen molar-refractivity contribution in [1.82, 2.24) is 0 Å². The second-order valence-electron chi connectivity index (χ2n) is 5.41. The van der Waals surface area contributed by atoms with Crippen molar-refractivity contribution in [2.75, 3.05) is 6.61 Å². The number of halogens is 2. The SMILES string of the molecule is CCC(c1ccccc1)C(Br)c1cc(Cl)cc2c1OCC2. The van der Waals surface area contributed by atoms with Gasteiger partial charge in [-0.3, -0.25) is 0 Å². The van der Waals surface area contributed by atoms with Crippen LogP contribution in [0.5, 0.6) is 5.75 Å². The molecular weight excluding hydrogens is 348 g/mol. The van der Waals surface area contributed by atoms with Crippen LogP contribution in [0.15, 0.2) is 42.5 Å². The molecule has 1 aliphatic rings. The number of rotatable bonds is 4. The second kappa shape index (κ2) is 6.41. The Morgan fingerprint density at radius 3 is 2.71 bits per heavy atom. The Morgan fingerprint density at radius 2 is 2.00 bits per heavy atom.